The second kappa shape index (κ2) is 8.10. The Labute approximate surface area is 96.4 Å². The standard InChI is InChI=1S/C11H22N2O3/c1-3-5-9(12)11(16)13-7-8(4-2)6-10(14)15/h8-9H,3-7,12H2,1-2H3,(H,13,16)(H,14,15)/t8?,9-/m1/s1. The highest BCUT2D eigenvalue weighted by Gasteiger charge is 2.15. The third-order valence-corrected chi connectivity index (χ3v) is 2.54. The lowest BCUT2D eigenvalue weighted by atomic mass is 10.0. The van der Waals surface area contributed by atoms with Gasteiger partial charge in [0.05, 0.1) is 6.04 Å². The summed E-state index contributed by atoms with van der Waals surface area (Å²) in [6.07, 6.45) is 2.33. The van der Waals surface area contributed by atoms with Crippen LogP contribution in [0, 0.1) is 5.92 Å². The van der Waals surface area contributed by atoms with Gasteiger partial charge in [0.2, 0.25) is 5.91 Å². The fourth-order valence-corrected chi connectivity index (χ4v) is 1.43. The highest BCUT2D eigenvalue weighted by Crippen LogP contribution is 2.06. The van der Waals surface area contributed by atoms with Gasteiger partial charge in [0.25, 0.3) is 0 Å². The predicted molar refractivity (Wildman–Crippen MR) is 61.9 cm³/mol. The zero-order chi connectivity index (χ0) is 12.6. The Morgan fingerprint density at radius 1 is 1.38 bits per heavy atom. The maximum absolute atomic E-state index is 11.5. The van der Waals surface area contributed by atoms with Crippen molar-refractivity contribution in [3.05, 3.63) is 0 Å². The topological polar surface area (TPSA) is 92.4 Å². The van der Waals surface area contributed by atoms with Gasteiger partial charge in [-0.05, 0) is 12.3 Å². The molecule has 0 aliphatic rings. The maximum atomic E-state index is 11.5. The highest BCUT2D eigenvalue weighted by molar-refractivity contribution is 5.81. The Balaban J connectivity index is 3.91. The first-order valence-corrected chi connectivity index (χ1v) is 5.76. The summed E-state index contributed by atoms with van der Waals surface area (Å²) in [5.74, 6) is -1.04. The molecule has 16 heavy (non-hydrogen) atoms. The Kier molecular flexibility index (Phi) is 7.54. The summed E-state index contributed by atoms with van der Waals surface area (Å²) >= 11 is 0. The van der Waals surface area contributed by atoms with Crippen molar-refractivity contribution in [2.24, 2.45) is 11.7 Å². The zero-order valence-electron chi connectivity index (χ0n) is 10.0. The summed E-state index contributed by atoms with van der Waals surface area (Å²) in [6.45, 7) is 4.26. The summed E-state index contributed by atoms with van der Waals surface area (Å²) in [5, 5.41) is 11.3. The van der Waals surface area contributed by atoms with E-state index in [0.29, 0.717) is 13.0 Å². The van der Waals surface area contributed by atoms with Gasteiger partial charge in [-0.25, -0.2) is 0 Å². The van der Waals surface area contributed by atoms with E-state index in [1.807, 2.05) is 13.8 Å². The predicted octanol–water partition coefficient (Wildman–Crippen LogP) is 0.731. The quantitative estimate of drug-likeness (QED) is 0.573. The minimum atomic E-state index is -0.834. The molecule has 94 valence electrons. The summed E-state index contributed by atoms with van der Waals surface area (Å²) in [7, 11) is 0. The molecule has 0 radical (unpaired) electrons. The fourth-order valence-electron chi connectivity index (χ4n) is 1.43. The summed E-state index contributed by atoms with van der Waals surface area (Å²) in [5.41, 5.74) is 5.63. The third kappa shape index (κ3) is 6.40. The van der Waals surface area contributed by atoms with Crippen LogP contribution in [-0.2, 0) is 9.59 Å². The van der Waals surface area contributed by atoms with Crippen molar-refractivity contribution in [3.8, 4) is 0 Å². The van der Waals surface area contributed by atoms with Crippen LogP contribution in [0.2, 0.25) is 0 Å². The number of hydrogen-bond acceptors (Lipinski definition) is 3. The molecule has 0 rings (SSSR count). The Hall–Kier alpha value is -1.10. The van der Waals surface area contributed by atoms with E-state index in [1.165, 1.54) is 0 Å². The highest BCUT2D eigenvalue weighted by atomic mass is 16.4. The molecular formula is C11H22N2O3. The molecule has 2 atom stereocenters. The van der Waals surface area contributed by atoms with Crippen LogP contribution in [0.1, 0.15) is 39.5 Å². The number of rotatable bonds is 8. The molecule has 0 fully saturated rings. The van der Waals surface area contributed by atoms with Gasteiger partial charge in [0, 0.05) is 13.0 Å². The number of nitrogens with two attached hydrogens (primary N) is 1. The van der Waals surface area contributed by atoms with Crippen LogP contribution >= 0.6 is 0 Å². The third-order valence-electron chi connectivity index (χ3n) is 2.54. The van der Waals surface area contributed by atoms with E-state index in [2.05, 4.69) is 5.32 Å². The number of hydrogen-bond donors (Lipinski definition) is 3. The Bertz CT molecular complexity index is 231. The second-order valence-corrected chi connectivity index (χ2v) is 4.01. The van der Waals surface area contributed by atoms with Gasteiger partial charge in [-0.3, -0.25) is 9.59 Å². The van der Waals surface area contributed by atoms with Crippen LogP contribution in [0.15, 0.2) is 0 Å². The largest absolute Gasteiger partial charge is 0.481 e. The van der Waals surface area contributed by atoms with E-state index >= 15 is 0 Å². The van der Waals surface area contributed by atoms with Crippen LogP contribution < -0.4 is 11.1 Å². The molecule has 0 saturated carbocycles. The van der Waals surface area contributed by atoms with Crippen LogP contribution in [0.25, 0.3) is 0 Å². The molecule has 5 nitrogen and oxygen atoms in total. The van der Waals surface area contributed by atoms with Crippen LogP contribution in [-0.4, -0.2) is 29.6 Å². The number of carboxylic acid groups (broad SMARTS) is 1. The molecule has 0 aromatic carbocycles. The average Bonchev–Trinajstić information content (AvgIpc) is 2.23. The first-order valence-electron chi connectivity index (χ1n) is 5.76. The van der Waals surface area contributed by atoms with Crippen molar-refractivity contribution in [3.63, 3.8) is 0 Å². The molecule has 0 aromatic rings. The van der Waals surface area contributed by atoms with Crippen molar-refractivity contribution in [1.29, 1.82) is 0 Å². The number of aliphatic carboxylic acids is 1. The van der Waals surface area contributed by atoms with Gasteiger partial charge in [-0.2, -0.15) is 0 Å². The van der Waals surface area contributed by atoms with E-state index in [1.54, 1.807) is 0 Å². The van der Waals surface area contributed by atoms with Crippen molar-refractivity contribution < 1.29 is 14.7 Å². The van der Waals surface area contributed by atoms with Crippen molar-refractivity contribution >= 4 is 11.9 Å². The lowest BCUT2D eigenvalue weighted by Crippen LogP contribution is -2.42. The van der Waals surface area contributed by atoms with Gasteiger partial charge in [-0.15, -0.1) is 0 Å². The van der Waals surface area contributed by atoms with E-state index in [-0.39, 0.29) is 18.2 Å². The van der Waals surface area contributed by atoms with Gasteiger partial charge in [-0.1, -0.05) is 26.7 Å². The Morgan fingerprint density at radius 3 is 2.44 bits per heavy atom. The molecular weight excluding hydrogens is 208 g/mol. The SMILES string of the molecule is CCC[C@@H](N)C(=O)NCC(CC)CC(=O)O. The number of carboxylic acids is 1. The van der Waals surface area contributed by atoms with Gasteiger partial charge < -0.3 is 16.2 Å². The van der Waals surface area contributed by atoms with E-state index < -0.39 is 12.0 Å². The molecule has 0 heterocycles. The molecule has 1 amide bonds. The van der Waals surface area contributed by atoms with Crippen molar-refractivity contribution in [2.45, 2.75) is 45.6 Å². The minimum Gasteiger partial charge on any atom is -0.481 e. The molecule has 0 saturated heterocycles. The molecule has 5 heteroatoms. The molecule has 4 N–H and O–H groups in total. The lowest BCUT2D eigenvalue weighted by molar-refractivity contribution is -0.138. The molecule has 0 spiro atoms. The summed E-state index contributed by atoms with van der Waals surface area (Å²) < 4.78 is 0. The molecule has 0 bridgehead atoms. The first-order chi connectivity index (χ1) is 7.51. The van der Waals surface area contributed by atoms with Crippen LogP contribution in [0.4, 0.5) is 0 Å². The molecule has 1 unspecified atom stereocenters. The minimum absolute atomic E-state index is 0.0183. The van der Waals surface area contributed by atoms with E-state index in [0.717, 1.165) is 12.8 Å². The zero-order valence-corrected chi connectivity index (χ0v) is 10.0. The maximum Gasteiger partial charge on any atom is 0.303 e. The number of carbonyl (C=O) groups is 2. The van der Waals surface area contributed by atoms with Crippen molar-refractivity contribution in [1.82, 2.24) is 5.32 Å². The normalized spacial score (nSPS) is 14.2. The fraction of sp³-hybridized carbons (Fsp3) is 0.818. The number of amides is 1. The summed E-state index contributed by atoms with van der Waals surface area (Å²) in [4.78, 5) is 22.0. The first kappa shape index (κ1) is 14.9. The van der Waals surface area contributed by atoms with Gasteiger partial charge in [0.15, 0.2) is 0 Å². The van der Waals surface area contributed by atoms with Crippen molar-refractivity contribution in [2.75, 3.05) is 6.54 Å². The van der Waals surface area contributed by atoms with E-state index in [4.69, 9.17) is 10.8 Å². The number of nitrogens with one attached hydrogen (secondary N) is 1. The van der Waals surface area contributed by atoms with Crippen LogP contribution in [0.3, 0.4) is 0 Å². The monoisotopic (exact) mass is 230 g/mol. The average molecular weight is 230 g/mol. The lowest BCUT2D eigenvalue weighted by Gasteiger charge is -2.16. The number of carbonyl (C=O) groups excluding carboxylic acids is 1. The van der Waals surface area contributed by atoms with Gasteiger partial charge in [0.1, 0.15) is 0 Å². The molecule has 0 aliphatic carbocycles. The smallest absolute Gasteiger partial charge is 0.303 e. The molecule has 0 aromatic heterocycles. The van der Waals surface area contributed by atoms with Gasteiger partial charge >= 0.3 is 5.97 Å². The summed E-state index contributed by atoms with van der Waals surface area (Å²) in [6, 6.07) is -0.479. The van der Waals surface area contributed by atoms with Crippen LogP contribution in [0.5, 0.6) is 0 Å². The van der Waals surface area contributed by atoms with E-state index in [9.17, 15) is 9.59 Å². The molecule has 0 aliphatic heterocycles. The Morgan fingerprint density at radius 2 is 2.00 bits per heavy atom. The second-order valence-electron chi connectivity index (χ2n) is 4.01.